The van der Waals surface area contributed by atoms with E-state index in [1.807, 2.05) is 6.07 Å². The SMILES string of the molecule is O=C(Nc1nc(-c2ccccc2F)c2ccccc2nc1=O)c1cnc2ccccc2n1. The van der Waals surface area contributed by atoms with E-state index < -0.39 is 17.3 Å². The van der Waals surface area contributed by atoms with Crippen molar-refractivity contribution in [2.75, 3.05) is 5.32 Å². The van der Waals surface area contributed by atoms with Gasteiger partial charge in [0.25, 0.3) is 5.91 Å². The maximum atomic E-state index is 14.6. The van der Waals surface area contributed by atoms with E-state index >= 15 is 0 Å². The molecular formula is C24H14FN5O2. The van der Waals surface area contributed by atoms with Crippen molar-refractivity contribution in [2.24, 2.45) is 0 Å². The Morgan fingerprint density at radius 2 is 1.47 bits per heavy atom. The number of nitrogens with one attached hydrogen (secondary N) is 1. The van der Waals surface area contributed by atoms with Crippen LogP contribution in [0.15, 0.2) is 83.8 Å². The average Bonchev–Trinajstić information content (AvgIpc) is 2.95. The minimum Gasteiger partial charge on any atom is -0.300 e. The molecule has 0 unspecified atom stereocenters. The molecule has 2 heterocycles. The molecule has 0 saturated heterocycles. The minimum absolute atomic E-state index is 0.00778. The molecule has 8 heteroatoms. The van der Waals surface area contributed by atoms with E-state index in [0.717, 1.165) is 0 Å². The van der Waals surface area contributed by atoms with Gasteiger partial charge in [-0.2, -0.15) is 0 Å². The van der Waals surface area contributed by atoms with Gasteiger partial charge in [-0.3, -0.25) is 14.6 Å². The number of nitrogens with zero attached hydrogens (tertiary/aromatic N) is 4. The Hall–Kier alpha value is -4.59. The van der Waals surface area contributed by atoms with Crippen LogP contribution in [0, 0.1) is 5.82 Å². The van der Waals surface area contributed by atoms with Crippen LogP contribution in [0.5, 0.6) is 0 Å². The van der Waals surface area contributed by atoms with Gasteiger partial charge >= 0.3 is 5.56 Å². The van der Waals surface area contributed by atoms with Crippen LogP contribution < -0.4 is 10.9 Å². The topological polar surface area (TPSA) is 97.7 Å². The molecule has 0 radical (unpaired) electrons. The smallest absolute Gasteiger partial charge is 0.300 e. The summed E-state index contributed by atoms with van der Waals surface area (Å²) in [7, 11) is 0. The van der Waals surface area contributed by atoms with Gasteiger partial charge in [-0.05, 0) is 30.3 Å². The second-order valence-electron chi connectivity index (χ2n) is 6.92. The third-order valence-electron chi connectivity index (χ3n) is 4.85. The van der Waals surface area contributed by atoms with Crippen molar-refractivity contribution in [2.45, 2.75) is 0 Å². The first-order chi connectivity index (χ1) is 15.6. The fraction of sp³-hybridized carbons (Fsp3) is 0. The highest BCUT2D eigenvalue weighted by atomic mass is 19.1. The second kappa shape index (κ2) is 7.92. The van der Waals surface area contributed by atoms with Gasteiger partial charge in [0.2, 0.25) is 5.82 Å². The zero-order valence-corrected chi connectivity index (χ0v) is 16.5. The zero-order chi connectivity index (χ0) is 22.1. The van der Waals surface area contributed by atoms with Crippen LogP contribution in [0.3, 0.4) is 0 Å². The molecule has 0 bridgehead atoms. The molecule has 7 nitrogen and oxygen atoms in total. The lowest BCUT2D eigenvalue weighted by atomic mass is 10.1. The van der Waals surface area contributed by atoms with Gasteiger partial charge < -0.3 is 5.32 Å². The van der Waals surface area contributed by atoms with Crippen molar-refractivity contribution < 1.29 is 9.18 Å². The highest BCUT2D eigenvalue weighted by Crippen LogP contribution is 2.27. The maximum Gasteiger partial charge on any atom is 0.313 e. The third-order valence-corrected chi connectivity index (χ3v) is 4.85. The number of anilines is 1. The van der Waals surface area contributed by atoms with Crippen molar-refractivity contribution in [1.29, 1.82) is 0 Å². The van der Waals surface area contributed by atoms with E-state index in [-0.39, 0.29) is 22.8 Å². The molecule has 5 aromatic rings. The van der Waals surface area contributed by atoms with Gasteiger partial charge in [-0.25, -0.2) is 19.3 Å². The minimum atomic E-state index is -0.758. The van der Waals surface area contributed by atoms with Gasteiger partial charge in [0.1, 0.15) is 11.5 Å². The first-order valence-electron chi connectivity index (χ1n) is 9.69. The van der Waals surface area contributed by atoms with Crippen LogP contribution in [-0.4, -0.2) is 25.8 Å². The highest BCUT2D eigenvalue weighted by Gasteiger charge is 2.17. The van der Waals surface area contributed by atoms with Crippen LogP contribution >= 0.6 is 0 Å². The summed E-state index contributed by atoms with van der Waals surface area (Å²) in [4.78, 5) is 42.5. The number of hydrogen-bond donors (Lipinski definition) is 1. The molecule has 1 amide bonds. The second-order valence-corrected chi connectivity index (χ2v) is 6.92. The summed E-state index contributed by atoms with van der Waals surface area (Å²) in [6, 6.07) is 19.9. The molecule has 1 N–H and O–H groups in total. The fourth-order valence-electron chi connectivity index (χ4n) is 3.33. The van der Waals surface area contributed by atoms with Crippen LogP contribution in [0.25, 0.3) is 33.2 Å². The van der Waals surface area contributed by atoms with E-state index in [1.165, 1.54) is 12.3 Å². The summed E-state index contributed by atoms with van der Waals surface area (Å²) in [5.41, 5.74) is 1.11. The fourth-order valence-corrected chi connectivity index (χ4v) is 3.33. The molecule has 0 spiro atoms. The van der Waals surface area contributed by atoms with Crippen molar-refractivity contribution in [3.05, 3.63) is 101 Å². The normalized spacial score (nSPS) is 10.9. The highest BCUT2D eigenvalue weighted by molar-refractivity contribution is 6.03. The Morgan fingerprint density at radius 1 is 0.781 bits per heavy atom. The lowest BCUT2D eigenvalue weighted by Gasteiger charge is -2.05. The van der Waals surface area contributed by atoms with Gasteiger partial charge in [-0.15, -0.1) is 0 Å². The largest absolute Gasteiger partial charge is 0.313 e. The first-order valence-corrected chi connectivity index (χ1v) is 9.69. The number of benzene rings is 3. The summed E-state index contributed by atoms with van der Waals surface area (Å²) in [6.45, 7) is 0. The lowest BCUT2D eigenvalue weighted by molar-refractivity contribution is 0.102. The van der Waals surface area contributed by atoms with Crippen molar-refractivity contribution in [3.8, 4) is 11.3 Å². The van der Waals surface area contributed by atoms with E-state index in [2.05, 4.69) is 25.3 Å². The number of carbonyl (C=O) groups is 1. The number of amides is 1. The summed E-state index contributed by atoms with van der Waals surface area (Å²) in [5.74, 6) is -1.52. The maximum absolute atomic E-state index is 14.6. The Kier molecular flexibility index (Phi) is 4.79. The van der Waals surface area contributed by atoms with E-state index in [0.29, 0.717) is 21.9 Å². The molecule has 154 valence electrons. The number of carbonyl (C=O) groups excluding carboxylic acids is 1. The molecular weight excluding hydrogens is 409 g/mol. The molecule has 0 aliphatic rings. The van der Waals surface area contributed by atoms with Crippen LogP contribution in [0.2, 0.25) is 0 Å². The molecule has 0 atom stereocenters. The van der Waals surface area contributed by atoms with Gasteiger partial charge in [0.05, 0.1) is 28.4 Å². The predicted molar refractivity (Wildman–Crippen MR) is 119 cm³/mol. The van der Waals surface area contributed by atoms with E-state index in [1.54, 1.807) is 60.7 Å². The first kappa shape index (κ1) is 19.4. The Morgan fingerprint density at radius 3 is 2.28 bits per heavy atom. The summed E-state index contributed by atoms with van der Waals surface area (Å²) >= 11 is 0. The molecule has 5 rings (SSSR count). The van der Waals surface area contributed by atoms with Crippen LogP contribution in [0.1, 0.15) is 10.5 Å². The lowest BCUT2D eigenvalue weighted by Crippen LogP contribution is -2.21. The standard InChI is InChI=1S/C24H14FN5O2/c25-16-9-3-1-7-14(16)21-15-8-2-4-10-17(15)28-24(32)22(29-21)30-23(31)20-13-26-18-11-5-6-12-19(18)27-20/h1-13H,(H,28,29,30,31,32). The Bertz CT molecular complexity index is 1570. The van der Waals surface area contributed by atoms with Crippen molar-refractivity contribution in [1.82, 2.24) is 19.9 Å². The van der Waals surface area contributed by atoms with Gasteiger partial charge in [0, 0.05) is 10.9 Å². The third kappa shape index (κ3) is 3.54. The molecule has 32 heavy (non-hydrogen) atoms. The summed E-state index contributed by atoms with van der Waals surface area (Å²) < 4.78 is 14.6. The van der Waals surface area contributed by atoms with Crippen molar-refractivity contribution >= 4 is 33.7 Å². The molecule has 2 aromatic heterocycles. The van der Waals surface area contributed by atoms with Crippen molar-refractivity contribution in [3.63, 3.8) is 0 Å². The monoisotopic (exact) mass is 423 g/mol. The molecule has 0 saturated carbocycles. The quantitative estimate of drug-likeness (QED) is 0.471. The van der Waals surface area contributed by atoms with E-state index in [9.17, 15) is 14.0 Å². The van der Waals surface area contributed by atoms with Crippen LogP contribution in [0.4, 0.5) is 10.2 Å². The predicted octanol–water partition coefficient (Wildman–Crippen LogP) is 3.99. The zero-order valence-electron chi connectivity index (χ0n) is 16.5. The van der Waals surface area contributed by atoms with Gasteiger partial charge in [0.15, 0.2) is 0 Å². The summed E-state index contributed by atoms with van der Waals surface area (Å²) in [6.07, 6.45) is 1.31. The van der Waals surface area contributed by atoms with Crippen LogP contribution in [-0.2, 0) is 0 Å². The Labute approximate surface area is 180 Å². The number of fused-ring (bicyclic) bond motifs is 2. The summed E-state index contributed by atoms with van der Waals surface area (Å²) in [5, 5.41) is 2.94. The average molecular weight is 423 g/mol. The van der Waals surface area contributed by atoms with E-state index in [4.69, 9.17) is 0 Å². The molecule has 0 aliphatic heterocycles. The molecule has 0 fully saturated rings. The number of halogens is 1. The number of para-hydroxylation sites is 3. The number of aromatic nitrogens is 4. The molecule has 3 aromatic carbocycles. The number of rotatable bonds is 3. The number of hydrogen-bond acceptors (Lipinski definition) is 6. The Balaban J connectivity index is 1.65. The molecule has 0 aliphatic carbocycles. The van der Waals surface area contributed by atoms with Gasteiger partial charge in [-0.1, -0.05) is 42.5 Å².